The molecule has 2 heteroatoms. The summed E-state index contributed by atoms with van der Waals surface area (Å²) in [5, 5.41) is 0. The fourth-order valence-corrected chi connectivity index (χ4v) is 1.71. The minimum Gasteiger partial charge on any atom is -1.00 e. The van der Waals surface area contributed by atoms with Gasteiger partial charge in [-0.3, -0.25) is 4.48 Å². The molecule has 1 rings (SSSR count). The Balaban J connectivity index is 0.00000225. The van der Waals surface area contributed by atoms with Crippen molar-refractivity contribution in [2.45, 2.75) is 26.8 Å². The fraction of sp³-hybridized carbons (Fsp3) is 0.429. The summed E-state index contributed by atoms with van der Waals surface area (Å²) in [5.41, 5.74) is 1.38. The van der Waals surface area contributed by atoms with Gasteiger partial charge in [0.2, 0.25) is 0 Å². The maximum Gasteiger partial charge on any atom is 0.133 e. The molecule has 0 fully saturated rings. The summed E-state index contributed by atoms with van der Waals surface area (Å²) in [6.07, 6.45) is 4.37. The normalized spacial score (nSPS) is 14.8. The number of quaternary nitrogens is 1. The van der Waals surface area contributed by atoms with Gasteiger partial charge in [-0.2, -0.15) is 0 Å². The molecule has 0 aliphatic heterocycles. The molecule has 0 aliphatic carbocycles. The Morgan fingerprint density at radius 3 is 2.19 bits per heavy atom. The summed E-state index contributed by atoms with van der Waals surface area (Å²) in [7, 11) is 2.29. The van der Waals surface area contributed by atoms with E-state index in [0.717, 1.165) is 11.0 Å². The highest BCUT2D eigenvalue weighted by Gasteiger charge is 2.26. The van der Waals surface area contributed by atoms with E-state index < -0.39 is 0 Å². The molecule has 0 bridgehead atoms. The molecule has 16 heavy (non-hydrogen) atoms. The van der Waals surface area contributed by atoms with Crippen molar-refractivity contribution >= 4 is 5.69 Å². The molecule has 0 saturated heterocycles. The Kier molecular flexibility index (Phi) is 6.61. The van der Waals surface area contributed by atoms with Crippen molar-refractivity contribution in [1.82, 2.24) is 4.48 Å². The topological polar surface area (TPSA) is 0 Å². The van der Waals surface area contributed by atoms with Gasteiger partial charge in [-0.15, -0.1) is 0 Å². The van der Waals surface area contributed by atoms with Crippen LogP contribution >= 0.6 is 0 Å². The molecule has 0 saturated carbocycles. The molecule has 0 aliphatic rings. The van der Waals surface area contributed by atoms with Crippen molar-refractivity contribution in [3.63, 3.8) is 0 Å². The Morgan fingerprint density at radius 1 is 1.19 bits per heavy atom. The smallest absolute Gasteiger partial charge is 0.133 e. The maximum absolute atomic E-state index is 2.29. The van der Waals surface area contributed by atoms with Gasteiger partial charge in [-0.05, 0) is 39.0 Å². The molecular weight excluding hydrogens is 262 g/mol. The molecule has 0 heterocycles. The first-order chi connectivity index (χ1) is 7.11. The summed E-state index contributed by atoms with van der Waals surface area (Å²) >= 11 is 0. The van der Waals surface area contributed by atoms with E-state index in [-0.39, 0.29) is 17.0 Å². The molecule has 1 nitrogen and oxygen atoms in total. The van der Waals surface area contributed by atoms with E-state index >= 15 is 0 Å². The minimum absolute atomic E-state index is 0. The number of allylic oxidation sites excluding steroid dienone is 1. The predicted octanol–water partition coefficient (Wildman–Crippen LogP) is 0.612. The summed E-state index contributed by atoms with van der Waals surface area (Å²) in [6, 6.07) is 11.3. The van der Waals surface area contributed by atoms with Crippen molar-refractivity contribution in [2.24, 2.45) is 0 Å². The van der Waals surface area contributed by atoms with Crippen molar-refractivity contribution in [3.8, 4) is 0 Å². The standard InChI is InChI=1S/C14H22N.BrH/c1-5-6-12-15(4,13(2)3)14-10-8-7-9-11-14;/h5-11,13H,12H2,1-4H3;1H/q+1;/p-1/b6-5+;/t15-;/m1./s1. The number of benzene rings is 1. The first-order valence-corrected chi connectivity index (χ1v) is 5.63. The number of nitrogens with zero attached hydrogens (tertiary/aromatic N) is 1. The molecule has 0 N–H and O–H groups in total. The van der Waals surface area contributed by atoms with Crippen molar-refractivity contribution < 1.29 is 17.0 Å². The van der Waals surface area contributed by atoms with Gasteiger partial charge in [-0.25, -0.2) is 0 Å². The van der Waals surface area contributed by atoms with Crippen LogP contribution in [0.25, 0.3) is 0 Å². The second-order valence-corrected chi connectivity index (χ2v) is 4.45. The highest BCUT2D eigenvalue weighted by Crippen LogP contribution is 2.23. The molecular formula is C14H22BrN. The molecule has 1 aromatic carbocycles. The lowest BCUT2D eigenvalue weighted by Gasteiger charge is -2.37. The first-order valence-electron chi connectivity index (χ1n) is 5.63. The first kappa shape index (κ1) is 15.4. The van der Waals surface area contributed by atoms with Gasteiger partial charge in [0.15, 0.2) is 0 Å². The zero-order valence-corrected chi connectivity index (χ0v) is 12.2. The van der Waals surface area contributed by atoms with Gasteiger partial charge >= 0.3 is 0 Å². The highest BCUT2D eigenvalue weighted by molar-refractivity contribution is 5.43. The fourth-order valence-electron chi connectivity index (χ4n) is 1.71. The van der Waals surface area contributed by atoms with Gasteiger partial charge in [-0.1, -0.05) is 24.3 Å². The van der Waals surface area contributed by atoms with Crippen molar-refractivity contribution in [3.05, 3.63) is 42.5 Å². The van der Waals surface area contributed by atoms with Gasteiger partial charge in [0.25, 0.3) is 0 Å². The lowest BCUT2D eigenvalue weighted by atomic mass is 10.1. The quantitative estimate of drug-likeness (QED) is 0.561. The third-order valence-corrected chi connectivity index (χ3v) is 3.21. The number of para-hydroxylation sites is 1. The van der Waals surface area contributed by atoms with Crippen LogP contribution in [0.3, 0.4) is 0 Å². The van der Waals surface area contributed by atoms with E-state index in [0.29, 0.717) is 6.04 Å². The van der Waals surface area contributed by atoms with Gasteiger partial charge in [0.1, 0.15) is 12.2 Å². The van der Waals surface area contributed by atoms with Crippen LogP contribution in [-0.2, 0) is 0 Å². The molecule has 0 spiro atoms. The molecule has 0 aromatic heterocycles. The van der Waals surface area contributed by atoms with Crippen LogP contribution in [0.5, 0.6) is 0 Å². The van der Waals surface area contributed by atoms with Crippen LogP contribution in [-0.4, -0.2) is 19.6 Å². The predicted molar refractivity (Wildman–Crippen MR) is 69.0 cm³/mol. The second kappa shape index (κ2) is 6.87. The van der Waals surface area contributed by atoms with E-state index in [2.05, 4.69) is 70.3 Å². The number of hydrogen-bond acceptors (Lipinski definition) is 0. The maximum atomic E-state index is 2.29. The second-order valence-electron chi connectivity index (χ2n) is 4.45. The summed E-state index contributed by atoms with van der Waals surface area (Å²) in [5.74, 6) is 0. The van der Waals surface area contributed by atoms with Crippen molar-refractivity contribution in [2.75, 3.05) is 13.6 Å². The number of likely N-dealkylation sites (N-methyl/N-ethyl adjacent to an activating group) is 1. The number of halogens is 1. The monoisotopic (exact) mass is 283 g/mol. The molecule has 0 amide bonds. The number of rotatable bonds is 4. The Bertz CT molecular complexity index is 319. The summed E-state index contributed by atoms with van der Waals surface area (Å²) in [6.45, 7) is 7.68. The van der Waals surface area contributed by atoms with Gasteiger partial charge in [0, 0.05) is 0 Å². The van der Waals surface area contributed by atoms with E-state index in [1.165, 1.54) is 5.69 Å². The van der Waals surface area contributed by atoms with Crippen LogP contribution < -0.4 is 21.5 Å². The zero-order valence-electron chi connectivity index (χ0n) is 10.7. The molecule has 1 atom stereocenters. The average Bonchev–Trinajstić information content (AvgIpc) is 2.27. The third-order valence-electron chi connectivity index (χ3n) is 3.21. The lowest BCUT2D eigenvalue weighted by molar-refractivity contribution is -0.00000333. The van der Waals surface area contributed by atoms with Crippen LogP contribution in [0, 0.1) is 0 Å². The Labute approximate surface area is 110 Å². The van der Waals surface area contributed by atoms with Crippen molar-refractivity contribution in [1.29, 1.82) is 0 Å². The van der Waals surface area contributed by atoms with E-state index in [1.807, 2.05) is 0 Å². The van der Waals surface area contributed by atoms with Crippen LogP contribution in [0.15, 0.2) is 42.5 Å². The molecule has 0 radical (unpaired) electrons. The summed E-state index contributed by atoms with van der Waals surface area (Å²) in [4.78, 5) is 0. The SMILES string of the molecule is C/C=C/C[N@@+](C)(c1ccccc1)C(C)C.[Br-]. The minimum atomic E-state index is 0. The van der Waals surface area contributed by atoms with Crippen LogP contribution in [0.4, 0.5) is 5.69 Å². The molecule has 1 aromatic rings. The van der Waals surface area contributed by atoms with Crippen LogP contribution in [0.2, 0.25) is 0 Å². The highest BCUT2D eigenvalue weighted by atomic mass is 79.9. The summed E-state index contributed by atoms with van der Waals surface area (Å²) < 4.78 is 0.963. The lowest BCUT2D eigenvalue weighted by Crippen LogP contribution is -3.00. The Morgan fingerprint density at radius 2 is 1.75 bits per heavy atom. The number of hydrogen-bond donors (Lipinski definition) is 0. The van der Waals surface area contributed by atoms with E-state index in [4.69, 9.17) is 0 Å². The van der Waals surface area contributed by atoms with E-state index in [9.17, 15) is 0 Å². The molecule has 0 unspecified atom stereocenters. The third kappa shape index (κ3) is 3.46. The average molecular weight is 284 g/mol. The zero-order chi connectivity index (χ0) is 11.3. The van der Waals surface area contributed by atoms with Crippen LogP contribution in [0.1, 0.15) is 20.8 Å². The Hall–Kier alpha value is -0.600. The largest absolute Gasteiger partial charge is 1.00 e. The van der Waals surface area contributed by atoms with Gasteiger partial charge in [0.05, 0.1) is 13.1 Å². The van der Waals surface area contributed by atoms with E-state index in [1.54, 1.807) is 0 Å². The van der Waals surface area contributed by atoms with Gasteiger partial charge < -0.3 is 17.0 Å². The molecule has 90 valence electrons.